The average Bonchev–Trinajstić information content (AvgIpc) is 2.31. The van der Waals surface area contributed by atoms with Crippen LogP contribution in [0, 0.1) is 12.7 Å². The molecule has 1 aliphatic heterocycles. The van der Waals surface area contributed by atoms with Gasteiger partial charge in [0.25, 0.3) is 5.91 Å². The zero-order valence-corrected chi connectivity index (χ0v) is 11.5. The summed E-state index contributed by atoms with van der Waals surface area (Å²) in [6, 6.07) is 4.16. The minimum atomic E-state index is -3.09. The summed E-state index contributed by atoms with van der Waals surface area (Å²) in [5.41, 5.74) is 0.354. The highest BCUT2D eigenvalue weighted by Crippen LogP contribution is 2.15. The van der Waals surface area contributed by atoms with Crippen molar-refractivity contribution in [3.8, 4) is 0 Å². The van der Waals surface area contributed by atoms with Crippen molar-refractivity contribution in [3.05, 3.63) is 35.1 Å². The van der Waals surface area contributed by atoms with E-state index in [9.17, 15) is 17.6 Å². The van der Waals surface area contributed by atoms with E-state index in [0.29, 0.717) is 18.4 Å². The highest BCUT2D eigenvalue weighted by Gasteiger charge is 2.26. The Balaban J connectivity index is 2.11. The number of benzene rings is 1. The fraction of sp³-hybridized carbons (Fsp3) is 0.462. The van der Waals surface area contributed by atoms with Crippen LogP contribution in [-0.2, 0) is 9.84 Å². The summed E-state index contributed by atoms with van der Waals surface area (Å²) in [5, 5.41) is 2.60. The quantitative estimate of drug-likeness (QED) is 0.894. The predicted molar refractivity (Wildman–Crippen MR) is 70.3 cm³/mol. The van der Waals surface area contributed by atoms with Crippen LogP contribution < -0.4 is 5.32 Å². The van der Waals surface area contributed by atoms with Gasteiger partial charge in [0.05, 0.1) is 17.1 Å². The van der Waals surface area contributed by atoms with Gasteiger partial charge in [-0.15, -0.1) is 0 Å². The third-order valence-corrected chi connectivity index (χ3v) is 5.06. The molecule has 1 N–H and O–H groups in total. The molecule has 1 aromatic carbocycles. The van der Waals surface area contributed by atoms with E-state index in [-0.39, 0.29) is 17.1 Å². The molecule has 104 valence electrons. The molecule has 4 nitrogen and oxygen atoms in total. The van der Waals surface area contributed by atoms with E-state index in [1.54, 1.807) is 19.1 Å². The van der Waals surface area contributed by atoms with Crippen molar-refractivity contribution in [3.63, 3.8) is 0 Å². The number of halogens is 1. The van der Waals surface area contributed by atoms with Gasteiger partial charge in [-0.2, -0.15) is 0 Å². The maximum Gasteiger partial charge on any atom is 0.254 e. The van der Waals surface area contributed by atoms with Crippen LogP contribution in [0.5, 0.6) is 0 Å². The lowest BCUT2D eigenvalue weighted by molar-refractivity contribution is 0.0934. The van der Waals surface area contributed by atoms with Gasteiger partial charge in [0.15, 0.2) is 9.84 Å². The first kappa shape index (κ1) is 14.0. The van der Waals surface area contributed by atoms with E-state index in [0.717, 1.165) is 0 Å². The van der Waals surface area contributed by atoms with Crippen molar-refractivity contribution in [1.29, 1.82) is 0 Å². The van der Waals surface area contributed by atoms with Crippen molar-refractivity contribution in [1.82, 2.24) is 5.32 Å². The Kier molecular flexibility index (Phi) is 3.89. The lowest BCUT2D eigenvalue weighted by Gasteiger charge is -2.23. The monoisotopic (exact) mass is 285 g/mol. The first-order valence-corrected chi connectivity index (χ1v) is 7.97. The van der Waals surface area contributed by atoms with Crippen LogP contribution in [0.1, 0.15) is 28.8 Å². The number of aryl methyl sites for hydroxylation is 1. The predicted octanol–water partition coefficient (Wildman–Crippen LogP) is 1.44. The van der Waals surface area contributed by atoms with Crippen LogP contribution in [0.4, 0.5) is 4.39 Å². The topological polar surface area (TPSA) is 63.2 Å². The third kappa shape index (κ3) is 3.32. The third-order valence-electron chi connectivity index (χ3n) is 3.23. The highest BCUT2D eigenvalue weighted by molar-refractivity contribution is 7.91. The van der Waals surface area contributed by atoms with Gasteiger partial charge in [0.2, 0.25) is 0 Å². The Morgan fingerprint density at radius 3 is 2.84 bits per heavy atom. The zero-order valence-electron chi connectivity index (χ0n) is 10.6. The van der Waals surface area contributed by atoms with Crippen molar-refractivity contribution < 1.29 is 17.6 Å². The summed E-state index contributed by atoms with van der Waals surface area (Å²) in [6.07, 6.45) is 1.14. The fourth-order valence-electron chi connectivity index (χ4n) is 2.22. The number of amides is 1. The normalized spacial score (nSPS) is 21.9. The van der Waals surface area contributed by atoms with Gasteiger partial charge in [0, 0.05) is 6.04 Å². The van der Waals surface area contributed by atoms with Gasteiger partial charge in [0.1, 0.15) is 5.82 Å². The number of sulfone groups is 1. The lowest BCUT2D eigenvalue weighted by atomic mass is 10.1. The molecule has 1 atom stereocenters. The summed E-state index contributed by atoms with van der Waals surface area (Å²) in [5.74, 6) is -1.01. The minimum absolute atomic E-state index is 0.0389. The molecule has 1 heterocycles. The minimum Gasteiger partial charge on any atom is -0.348 e. The van der Waals surface area contributed by atoms with Crippen LogP contribution in [0.2, 0.25) is 0 Å². The highest BCUT2D eigenvalue weighted by atomic mass is 32.2. The second-order valence-corrected chi connectivity index (χ2v) is 7.09. The summed E-state index contributed by atoms with van der Waals surface area (Å²) in [6.45, 7) is 1.58. The Morgan fingerprint density at radius 2 is 2.16 bits per heavy atom. The van der Waals surface area contributed by atoms with Gasteiger partial charge < -0.3 is 5.32 Å². The van der Waals surface area contributed by atoms with Crippen molar-refractivity contribution in [2.24, 2.45) is 0 Å². The van der Waals surface area contributed by atoms with Crippen LogP contribution >= 0.6 is 0 Å². The maximum absolute atomic E-state index is 13.8. The first-order chi connectivity index (χ1) is 8.89. The molecule has 0 spiro atoms. The standard InChI is InChI=1S/C13H16FNO3S/c1-9-4-2-6-11(12(9)14)13(16)15-10-5-3-7-19(17,18)8-10/h2,4,6,10H,3,5,7-8H2,1H3,(H,15,16). The largest absolute Gasteiger partial charge is 0.348 e. The number of rotatable bonds is 2. The van der Waals surface area contributed by atoms with Gasteiger partial charge in [-0.3, -0.25) is 4.79 Å². The smallest absolute Gasteiger partial charge is 0.254 e. The van der Waals surface area contributed by atoms with E-state index in [2.05, 4.69) is 5.32 Å². The van der Waals surface area contributed by atoms with Gasteiger partial charge in [-0.1, -0.05) is 12.1 Å². The van der Waals surface area contributed by atoms with E-state index in [1.165, 1.54) is 6.07 Å². The summed E-state index contributed by atoms with van der Waals surface area (Å²) >= 11 is 0. The number of carbonyl (C=O) groups excluding carboxylic acids is 1. The lowest BCUT2D eigenvalue weighted by Crippen LogP contribution is -2.43. The molecule has 0 aromatic heterocycles. The molecule has 2 rings (SSSR count). The first-order valence-electron chi connectivity index (χ1n) is 6.15. The number of hydrogen-bond acceptors (Lipinski definition) is 3. The summed E-state index contributed by atoms with van der Waals surface area (Å²) in [4.78, 5) is 12.0. The molecule has 1 aromatic rings. The Labute approximate surface area is 111 Å². The Morgan fingerprint density at radius 1 is 1.42 bits per heavy atom. The number of nitrogens with one attached hydrogen (secondary N) is 1. The van der Waals surface area contributed by atoms with Crippen molar-refractivity contribution in [2.45, 2.75) is 25.8 Å². The van der Waals surface area contributed by atoms with Crippen LogP contribution in [0.3, 0.4) is 0 Å². The molecule has 1 saturated heterocycles. The molecule has 1 amide bonds. The summed E-state index contributed by atoms with van der Waals surface area (Å²) in [7, 11) is -3.09. The van der Waals surface area contributed by atoms with Crippen LogP contribution in [0.25, 0.3) is 0 Å². The van der Waals surface area contributed by atoms with E-state index < -0.39 is 27.6 Å². The number of hydrogen-bond donors (Lipinski definition) is 1. The second-order valence-electron chi connectivity index (χ2n) is 4.86. The van der Waals surface area contributed by atoms with Crippen molar-refractivity contribution >= 4 is 15.7 Å². The molecule has 19 heavy (non-hydrogen) atoms. The second kappa shape index (κ2) is 5.28. The van der Waals surface area contributed by atoms with Gasteiger partial charge in [-0.25, -0.2) is 12.8 Å². The molecule has 0 saturated carbocycles. The zero-order chi connectivity index (χ0) is 14.0. The molecule has 6 heteroatoms. The number of carbonyl (C=O) groups is 1. The molecule has 0 radical (unpaired) electrons. The average molecular weight is 285 g/mol. The van der Waals surface area contributed by atoms with E-state index in [4.69, 9.17) is 0 Å². The maximum atomic E-state index is 13.8. The van der Waals surface area contributed by atoms with E-state index in [1.807, 2.05) is 0 Å². The Hall–Kier alpha value is -1.43. The molecule has 1 aliphatic rings. The SMILES string of the molecule is Cc1cccc(C(=O)NC2CCCS(=O)(=O)C2)c1F. The molecular formula is C13H16FNO3S. The van der Waals surface area contributed by atoms with Crippen LogP contribution in [0.15, 0.2) is 18.2 Å². The van der Waals surface area contributed by atoms with E-state index >= 15 is 0 Å². The summed E-state index contributed by atoms with van der Waals surface area (Å²) < 4.78 is 36.7. The Bertz CT molecular complexity index is 598. The molecular weight excluding hydrogens is 269 g/mol. The molecule has 1 fully saturated rings. The molecule has 0 bridgehead atoms. The van der Waals surface area contributed by atoms with Gasteiger partial charge in [-0.05, 0) is 31.4 Å². The van der Waals surface area contributed by atoms with Crippen LogP contribution in [-0.4, -0.2) is 31.9 Å². The molecule has 1 unspecified atom stereocenters. The van der Waals surface area contributed by atoms with Gasteiger partial charge >= 0.3 is 0 Å². The molecule has 0 aliphatic carbocycles. The fourth-order valence-corrected chi connectivity index (χ4v) is 3.86. The van der Waals surface area contributed by atoms with Crippen molar-refractivity contribution in [2.75, 3.05) is 11.5 Å².